The topological polar surface area (TPSA) is 38.8 Å². The molecule has 4 heteroatoms. The molecule has 1 atom stereocenters. The number of likely N-dealkylation sites (tertiary alicyclic amines) is 1. The first kappa shape index (κ1) is 15.0. The molecule has 0 radical (unpaired) electrons. The average molecular weight is 255 g/mol. The van der Waals surface area contributed by atoms with Gasteiger partial charge in [-0.25, -0.2) is 4.79 Å². The zero-order chi connectivity index (χ0) is 13.8. The van der Waals surface area contributed by atoms with Crippen LogP contribution in [0.3, 0.4) is 0 Å². The summed E-state index contributed by atoms with van der Waals surface area (Å²) in [4.78, 5) is 13.7. The van der Waals surface area contributed by atoms with Gasteiger partial charge in [-0.2, -0.15) is 0 Å². The highest BCUT2D eigenvalue weighted by Crippen LogP contribution is 2.29. The Balaban J connectivity index is 2.58. The summed E-state index contributed by atoms with van der Waals surface area (Å²) in [6, 6.07) is 0. The van der Waals surface area contributed by atoms with Gasteiger partial charge >= 0.3 is 6.09 Å². The van der Waals surface area contributed by atoms with Crippen LogP contribution in [0.5, 0.6) is 0 Å². The van der Waals surface area contributed by atoms with E-state index in [0.717, 1.165) is 12.8 Å². The van der Waals surface area contributed by atoms with Crippen molar-refractivity contribution in [3.05, 3.63) is 12.7 Å². The molecule has 0 saturated carbocycles. The summed E-state index contributed by atoms with van der Waals surface area (Å²) in [5, 5.41) is 0. The van der Waals surface area contributed by atoms with Crippen LogP contribution in [-0.2, 0) is 9.47 Å². The normalized spacial score (nSPS) is 24.1. The standard InChI is InChI=1S/C14H25NO3/c1-6-10-17-14(7-2)8-9-15(11-14)12(16)18-13(3,4)5/h6H,1,7-11H2,2-5H3. The number of hydrogen-bond acceptors (Lipinski definition) is 3. The second kappa shape index (κ2) is 5.74. The van der Waals surface area contributed by atoms with E-state index < -0.39 is 5.60 Å². The van der Waals surface area contributed by atoms with Crippen LogP contribution in [0, 0.1) is 0 Å². The molecule has 1 aliphatic heterocycles. The SMILES string of the molecule is C=CCOC1(CC)CCN(C(=O)OC(C)(C)C)C1. The third kappa shape index (κ3) is 4.02. The van der Waals surface area contributed by atoms with Gasteiger partial charge in [-0.3, -0.25) is 0 Å². The van der Waals surface area contributed by atoms with Crippen LogP contribution in [-0.4, -0.2) is 41.9 Å². The van der Waals surface area contributed by atoms with Crippen LogP contribution < -0.4 is 0 Å². The first-order valence-electron chi connectivity index (χ1n) is 6.55. The number of hydrogen-bond donors (Lipinski definition) is 0. The Bertz CT molecular complexity index is 309. The second-order valence-corrected chi connectivity index (χ2v) is 5.79. The fourth-order valence-corrected chi connectivity index (χ4v) is 2.07. The minimum Gasteiger partial charge on any atom is -0.444 e. The molecular weight excluding hydrogens is 230 g/mol. The molecule has 1 fully saturated rings. The van der Waals surface area contributed by atoms with Gasteiger partial charge < -0.3 is 14.4 Å². The van der Waals surface area contributed by atoms with Crippen molar-refractivity contribution in [3.63, 3.8) is 0 Å². The maximum absolute atomic E-state index is 12.0. The van der Waals surface area contributed by atoms with Gasteiger partial charge in [0.05, 0.1) is 18.8 Å². The third-order valence-electron chi connectivity index (χ3n) is 3.12. The highest BCUT2D eigenvalue weighted by molar-refractivity contribution is 5.68. The molecule has 1 rings (SSSR count). The van der Waals surface area contributed by atoms with E-state index in [0.29, 0.717) is 19.7 Å². The van der Waals surface area contributed by atoms with E-state index >= 15 is 0 Å². The molecule has 4 nitrogen and oxygen atoms in total. The van der Waals surface area contributed by atoms with Gasteiger partial charge in [-0.15, -0.1) is 6.58 Å². The highest BCUT2D eigenvalue weighted by atomic mass is 16.6. The van der Waals surface area contributed by atoms with Gasteiger partial charge in [-0.1, -0.05) is 13.0 Å². The summed E-state index contributed by atoms with van der Waals surface area (Å²) in [7, 11) is 0. The van der Waals surface area contributed by atoms with Crippen molar-refractivity contribution in [2.24, 2.45) is 0 Å². The number of rotatable bonds is 4. The van der Waals surface area contributed by atoms with Crippen molar-refractivity contribution < 1.29 is 14.3 Å². The number of nitrogens with zero attached hydrogens (tertiary/aromatic N) is 1. The lowest BCUT2D eigenvalue weighted by molar-refractivity contribution is -0.0291. The Morgan fingerprint density at radius 3 is 2.67 bits per heavy atom. The number of carbonyl (C=O) groups excluding carboxylic acids is 1. The van der Waals surface area contributed by atoms with E-state index in [1.165, 1.54) is 0 Å². The molecule has 0 aromatic carbocycles. The molecule has 0 aromatic rings. The largest absolute Gasteiger partial charge is 0.444 e. The van der Waals surface area contributed by atoms with Crippen molar-refractivity contribution in [2.75, 3.05) is 19.7 Å². The molecular formula is C14H25NO3. The number of ether oxygens (including phenoxy) is 2. The molecule has 1 unspecified atom stereocenters. The van der Waals surface area contributed by atoms with Gasteiger partial charge in [-0.05, 0) is 33.6 Å². The van der Waals surface area contributed by atoms with E-state index in [4.69, 9.17) is 9.47 Å². The van der Waals surface area contributed by atoms with Gasteiger partial charge in [0.2, 0.25) is 0 Å². The highest BCUT2D eigenvalue weighted by Gasteiger charge is 2.40. The third-order valence-corrected chi connectivity index (χ3v) is 3.12. The molecule has 0 bridgehead atoms. The minimum absolute atomic E-state index is 0.231. The summed E-state index contributed by atoms with van der Waals surface area (Å²) in [6.45, 7) is 13.2. The smallest absolute Gasteiger partial charge is 0.410 e. The van der Waals surface area contributed by atoms with Crippen molar-refractivity contribution >= 4 is 6.09 Å². The quantitative estimate of drug-likeness (QED) is 0.725. The van der Waals surface area contributed by atoms with Gasteiger partial charge in [0, 0.05) is 6.54 Å². The molecule has 104 valence electrons. The molecule has 1 heterocycles. The second-order valence-electron chi connectivity index (χ2n) is 5.79. The predicted molar refractivity (Wildman–Crippen MR) is 71.6 cm³/mol. The molecule has 1 saturated heterocycles. The Morgan fingerprint density at radius 2 is 2.17 bits per heavy atom. The summed E-state index contributed by atoms with van der Waals surface area (Å²) in [6.07, 6.45) is 3.24. The summed E-state index contributed by atoms with van der Waals surface area (Å²) in [5.74, 6) is 0. The lowest BCUT2D eigenvalue weighted by Gasteiger charge is -2.29. The maximum Gasteiger partial charge on any atom is 0.410 e. The van der Waals surface area contributed by atoms with Gasteiger partial charge in [0.25, 0.3) is 0 Å². The predicted octanol–water partition coefficient (Wildman–Crippen LogP) is 2.98. The fraction of sp³-hybridized carbons (Fsp3) is 0.786. The summed E-state index contributed by atoms with van der Waals surface area (Å²) in [5.41, 5.74) is -0.679. The molecule has 1 amide bonds. The maximum atomic E-state index is 12.0. The van der Waals surface area contributed by atoms with Gasteiger partial charge in [0.15, 0.2) is 0 Å². The zero-order valence-electron chi connectivity index (χ0n) is 12.0. The Morgan fingerprint density at radius 1 is 1.50 bits per heavy atom. The average Bonchev–Trinajstić information content (AvgIpc) is 2.69. The minimum atomic E-state index is -0.448. The summed E-state index contributed by atoms with van der Waals surface area (Å²) < 4.78 is 11.2. The number of carbonyl (C=O) groups is 1. The van der Waals surface area contributed by atoms with Gasteiger partial charge in [0.1, 0.15) is 5.60 Å². The number of amides is 1. The van der Waals surface area contributed by atoms with Crippen LogP contribution in [0.2, 0.25) is 0 Å². The van der Waals surface area contributed by atoms with E-state index in [-0.39, 0.29) is 11.7 Å². The molecule has 0 aromatic heterocycles. The van der Waals surface area contributed by atoms with Crippen LogP contribution in [0.4, 0.5) is 4.79 Å². The van der Waals surface area contributed by atoms with E-state index in [1.807, 2.05) is 20.8 Å². The van der Waals surface area contributed by atoms with Crippen molar-refractivity contribution in [1.82, 2.24) is 4.90 Å². The molecule has 0 spiro atoms. The summed E-state index contributed by atoms with van der Waals surface area (Å²) >= 11 is 0. The van der Waals surface area contributed by atoms with Crippen LogP contribution in [0.15, 0.2) is 12.7 Å². The first-order chi connectivity index (χ1) is 8.32. The van der Waals surface area contributed by atoms with Crippen molar-refractivity contribution in [1.29, 1.82) is 0 Å². The van der Waals surface area contributed by atoms with E-state index in [2.05, 4.69) is 13.5 Å². The molecule has 0 N–H and O–H groups in total. The van der Waals surface area contributed by atoms with E-state index in [1.54, 1.807) is 11.0 Å². The van der Waals surface area contributed by atoms with E-state index in [9.17, 15) is 4.79 Å². The van der Waals surface area contributed by atoms with Crippen LogP contribution >= 0.6 is 0 Å². The van der Waals surface area contributed by atoms with Crippen molar-refractivity contribution in [3.8, 4) is 0 Å². The molecule has 1 aliphatic rings. The monoisotopic (exact) mass is 255 g/mol. The zero-order valence-corrected chi connectivity index (χ0v) is 12.0. The Hall–Kier alpha value is -1.03. The Kier molecular flexibility index (Phi) is 4.79. The fourth-order valence-electron chi connectivity index (χ4n) is 2.07. The van der Waals surface area contributed by atoms with Crippen molar-refractivity contribution in [2.45, 2.75) is 51.7 Å². The lowest BCUT2D eigenvalue weighted by Crippen LogP contribution is -2.40. The first-order valence-corrected chi connectivity index (χ1v) is 6.55. The van der Waals surface area contributed by atoms with Crippen LogP contribution in [0.25, 0.3) is 0 Å². The molecule has 18 heavy (non-hydrogen) atoms. The molecule has 0 aliphatic carbocycles. The van der Waals surface area contributed by atoms with Crippen LogP contribution in [0.1, 0.15) is 40.5 Å². The Labute approximate surface area is 110 Å². The lowest BCUT2D eigenvalue weighted by atomic mass is 10.00.